The van der Waals surface area contributed by atoms with Gasteiger partial charge in [-0.3, -0.25) is 0 Å². The van der Waals surface area contributed by atoms with E-state index in [0.29, 0.717) is 0 Å². The van der Waals surface area contributed by atoms with Gasteiger partial charge in [0.2, 0.25) is 0 Å². The molecule has 0 N–H and O–H groups in total. The average Bonchev–Trinajstić information content (AvgIpc) is 3.75. The molecule has 1 aliphatic heterocycles. The molecule has 226 valence electrons. The molecule has 4 heterocycles. The molecule has 0 fully saturated rings. The zero-order valence-electron chi connectivity index (χ0n) is 26.8. The molecular weight excluding hydrogens is 589 g/mol. The van der Waals surface area contributed by atoms with Crippen LogP contribution in [0.2, 0.25) is 0 Å². The molecule has 8 aromatic rings. The van der Waals surface area contributed by atoms with Gasteiger partial charge in [-0.05, 0) is 75.5 Å². The molecule has 0 saturated carbocycles. The Bertz CT molecular complexity index is 2460. The van der Waals surface area contributed by atoms with E-state index >= 15 is 0 Å². The lowest BCUT2D eigenvalue weighted by Gasteiger charge is -2.32. The van der Waals surface area contributed by atoms with Gasteiger partial charge in [0.1, 0.15) is 0 Å². The Kier molecular flexibility index (Phi) is 6.35. The van der Waals surface area contributed by atoms with Crippen molar-refractivity contribution in [3.8, 4) is 50.5 Å². The van der Waals surface area contributed by atoms with Crippen LogP contribution < -0.4 is 0 Å². The standard InChI is InChI=1S/C44H34N2S/c1-4-33-35(27-38(28-13-7-5-8-14-28)45-41(33)29-15-9-6-10-16-29)32-18-11-17-30(25-32)31-21-22-39-36(26-31)34-19-12-20-37-42(34)46(39)40-23-24-47-43(40)44(37,2)3/h5-27H,4H2,1-3H3. The second kappa shape index (κ2) is 10.7. The van der Waals surface area contributed by atoms with Crippen molar-refractivity contribution in [3.05, 3.63) is 155 Å². The summed E-state index contributed by atoms with van der Waals surface area (Å²) >= 11 is 1.87. The number of hydrogen-bond donors (Lipinski definition) is 0. The van der Waals surface area contributed by atoms with Crippen molar-refractivity contribution in [1.82, 2.24) is 9.55 Å². The van der Waals surface area contributed by atoms with Crippen LogP contribution in [0, 0.1) is 0 Å². The van der Waals surface area contributed by atoms with E-state index in [-0.39, 0.29) is 5.41 Å². The van der Waals surface area contributed by atoms with Crippen LogP contribution in [0.4, 0.5) is 0 Å². The SMILES string of the molecule is CCc1c(-c2cccc(-c3ccc4c(c3)c3cccc5c3n4-c3ccsc3C5(C)C)c2)cc(-c2ccccc2)nc1-c1ccccc1. The van der Waals surface area contributed by atoms with Crippen LogP contribution in [-0.2, 0) is 11.8 Å². The van der Waals surface area contributed by atoms with Gasteiger partial charge in [-0.2, -0.15) is 0 Å². The van der Waals surface area contributed by atoms with Crippen molar-refractivity contribution in [1.29, 1.82) is 0 Å². The second-order valence-corrected chi connectivity index (χ2v) is 14.0. The molecule has 0 radical (unpaired) electrons. The number of nitrogens with zero attached hydrogens (tertiary/aromatic N) is 2. The number of aromatic nitrogens is 2. The zero-order chi connectivity index (χ0) is 31.7. The summed E-state index contributed by atoms with van der Waals surface area (Å²) in [6.07, 6.45) is 0.889. The summed E-state index contributed by atoms with van der Waals surface area (Å²) in [5, 5.41) is 4.87. The van der Waals surface area contributed by atoms with Crippen molar-refractivity contribution in [2.45, 2.75) is 32.6 Å². The minimum Gasteiger partial charge on any atom is -0.308 e. The molecule has 2 nitrogen and oxygen atoms in total. The molecule has 3 aromatic heterocycles. The van der Waals surface area contributed by atoms with Crippen LogP contribution in [0.25, 0.3) is 72.3 Å². The molecule has 0 bridgehead atoms. The molecule has 1 aliphatic rings. The Morgan fingerprint density at radius 2 is 1.34 bits per heavy atom. The fourth-order valence-corrected chi connectivity index (χ4v) is 8.73. The van der Waals surface area contributed by atoms with E-state index in [1.165, 1.54) is 65.8 Å². The van der Waals surface area contributed by atoms with Gasteiger partial charge in [0, 0.05) is 32.2 Å². The number of pyridine rings is 1. The van der Waals surface area contributed by atoms with Crippen LogP contribution in [-0.4, -0.2) is 9.55 Å². The van der Waals surface area contributed by atoms with Gasteiger partial charge in [-0.15, -0.1) is 11.3 Å². The van der Waals surface area contributed by atoms with Gasteiger partial charge in [0.05, 0.1) is 28.1 Å². The van der Waals surface area contributed by atoms with Gasteiger partial charge in [-0.25, -0.2) is 4.98 Å². The lowest BCUT2D eigenvalue weighted by molar-refractivity contribution is 0.646. The maximum Gasteiger partial charge on any atom is 0.0747 e. The van der Waals surface area contributed by atoms with Crippen LogP contribution in [0.3, 0.4) is 0 Å². The third-order valence-corrected chi connectivity index (χ3v) is 11.2. The summed E-state index contributed by atoms with van der Waals surface area (Å²) in [5.74, 6) is 0. The highest BCUT2D eigenvalue weighted by molar-refractivity contribution is 7.10. The molecule has 5 aromatic carbocycles. The van der Waals surface area contributed by atoms with E-state index < -0.39 is 0 Å². The Morgan fingerprint density at radius 3 is 2.13 bits per heavy atom. The van der Waals surface area contributed by atoms with Gasteiger partial charge < -0.3 is 4.57 Å². The maximum absolute atomic E-state index is 5.26. The third-order valence-electron chi connectivity index (χ3n) is 10.0. The van der Waals surface area contributed by atoms with Crippen LogP contribution in [0.5, 0.6) is 0 Å². The summed E-state index contributed by atoms with van der Waals surface area (Å²) in [5.41, 5.74) is 15.8. The second-order valence-electron chi connectivity index (χ2n) is 13.1. The van der Waals surface area contributed by atoms with Crippen molar-refractivity contribution < 1.29 is 0 Å². The number of para-hydroxylation sites is 1. The highest BCUT2D eigenvalue weighted by Crippen LogP contribution is 2.49. The van der Waals surface area contributed by atoms with E-state index in [2.05, 4.69) is 164 Å². The first-order chi connectivity index (χ1) is 23.0. The molecule has 0 spiro atoms. The highest BCUT2D eigenvalue weighted by atomic mass is 32.1. The maximum atomic E-state index is 5.26. The minimum atomic E-state index is -0.0245. The summed E-state index contributed by atoms with van der Waals surface area (Å²) in [4.78, 5) is 6.69. The van der Waals surface area contributed by atoms with Gasteiger partial charge in [-0.1, -0.05) is 124 Å². The number of fused-ring (bicyclic) bond motifs is 5. The molecule has 47 heavy (non-hydrogen) atoms. The largest absolute Gasteiger partial charge is 0.308 e. The predicted molar refractivity (Wildman–Crippen MR) is 200 cm³/mol. The topological polar surface area (TPSA) is 17.8 Å². The molecule has 3 heteroatoms. The normalized spacial score (nSPS) is 13.3. The van der Waals surface area contributed by atoms with Gasteiger partial charge >= 0.3 is 0 Å². The Balaban J connectivity index is 1.23. The van der Waals surface area contributed by atoms with Crippen molar-refractivity contribution in [2.24, 2.45) is 0 Å². The number of hydrogen-bond acceptors (Lipinski definition) is 2. The average molecular weight is 623 g/mol. The monoisotopic (exact) mass is 622 g/mol. The summed E-state index contributed by atoms with van der Waals surface area (Å²) in [7, 11) is 0. The first kappa shape index (κ1) is 28.0. The van der Waals surface area contributed by atoms with Crippen molar-refractivity contribution in [3.63, 3.8) is 0 Å². The molecule has 0 aliphatic carbocycles. The molecule has 0 atom stereocenters. The molecule has 0 amide bonds. The first-order valence-electron chi connectivity index (χ1n) is 16.4. The van der Waals surface area contributed by atoms with Crippen molar-refractivity contribution >= 4 is 33.1 Å². The van der Waals surface area contributed by atoms with E-state index in [1.807, 2.05) is 11.3 Å². The summed E-state index contributed by atoms with van der Waals surface area (Å²) < 4.78 is 2.50. The zero-order valence-corrected chi connectivity index (χ0v) is 27.6. The van der Waals surface area contributed by atoms with Crippen molar-refractivity contribution in [2.75, 3.05) is 0 Å². The quantitative estimate of drug-likeness (QED) is 0.187. The van der Waals surface area contributed by atoms with Gasteiger partial charge in [0.25, 0.3) is 0 Å². The first-order valence-corrected chi connectivity index (χ1v) is 17.3. The Hall–Kier alpha value is -5.25. The lowest BCUT2D eigenvalue weighted by Crippen LogP contribution is -2.24. The molecule has 9 rings (SSSR count). The van der Waals surface area contributed by atoms with E-state index in [1.54, 1.807) is 0 Å². The summed E-state index contributed by atoms with van der Waals surface area (Å²) in [6.45, 7) is 6.97. The van der Waals surface area contributed by atoms with E-state index in [4.69, 9.17) is 4.98 Å². The minimum absolute atomic E-state index is 0.0245. The number of benzene rings is 5. The van der Waals surface area contributed by atoms with E-state index in [0.717, 1.165) is 28.9 Å². The van der Waals surface area contributed by atoms with Gasteiger partial charge in [0.15, 0.2) is 0 Å². The van der Waals surface area contributed by atoms with Crippen LogP contribution in [0.15, 0.2) is 139 Å². The predicted octanol–water partition coefficient (Wildman–Crippen LogP) is 12.1. The number of thiophene rings is 1. The fourth-order valence-electron chi connectivity index (χ4n) is 7.72. The Labute approximate surface area is 279 Å². The van der Waals surface area contributed by atoms with Crippen LogP contribution >= 0.6 is 11.3 Å². The molecule has 0 saturated heterocycles. The number of rotatable bonds is 5. The van der Waals surface area contributed by atoms with E-state index in [9.17, 15) is 0 Å². The van der Waals surface area contributed by atoms with Crippen LogP contribution in [0.1, 0.15) is 36.8 Å². The fraction of sp³-hybridized carbons (Fsp3) is 0.114. The smallest absolute Gasteiger partial charge is 0.0747 e. The highest BCUT2D eigenvalue weighted by Gasteiger charge is 2.36. The molecule has 0 unspecified atom stereocenters. The lowest BCUT2D eigenvalue weighted by atomic mass is 9.79. The summed E-state index contributed by atoms with van der Waals surface area (Å²) in [6, 6.07) is 48.7. The Morgan fingerprint density at radius 1 is 0.638 bits per heavy atom. The molecular formula is C44H34N2S. The third kappa shape index (κ3) is 4.27.